The van der Waals surface area contributed by atoms with Crippen molar-refractivity contribution in [1.29, 1.82) is 0 Å². The molecule has 3 heteroatoms. The van der Waals surface area contributed by atoms with E-state index in [0.717, 1.165) is 29.2 Å². The summed E-state index contributed by atoms with van der Waals surface area (Å²) in [5.74, 6) is 0. The lowest BCUT2D eigenvalue weighted by atomic mass is 9.66. The van der Waals surface area contributed by atoms with Crippen LogP contribution < -0.4 is 14.7 Å². The van der Waals surface area contributed by atoms with Gasteiger partial charge in [-0.2, -0.15) is 0 Å². The van der Waals surface area contributed by atoms with Crippen molar-refractivity contribution in [3.8, 4) is 0 Å². The van der Waals surface area contributed by atoms with E-state index in [1.54, 1.807) is 0 Å². The standard InChI is InChI=1S/C60H57N3/c1-10-42-21-12-14-25-48(42)54(11-2)61(45-31-30-40(4)41(5)35-45)46-32-33-57-51(36-46)60(8,9)53-38-47(37-52-58(53)63(57)56-28-17-16-27-50(56)59(52,6)7)62(44-24-18-20-39(3)34-44)55-29-19-23-43-22-13-15-26-49(43)55/h11-38H,10H2,1-9H3. The van der Waals surface area contributed by atoms with Crippen LogP contribution in [-0.4, -0.2) is 0 Å². The van der Waals surface area contributed by atoms with Gasteiger partial charge in [-0.1, -0.05) is 138 Å². The van der Waals surface area contributed by atoms with Gasteiger partial charge >= 0.3 is 0 Å². The van der Waals surface area contributed by atoms with Gasteiger partial charge < -0.3 is 14.7 Å². The molecular formula is C60H57N3. The van der Waals surface area contributed by atoms with Crippen molar-refractivity contribution in [1.82, 2.24) is 0 Å². The van der Waals surface area contributed by atoms with E-state index in [2.05, 4.69) is 247 Å². The molecule has 8 aromatic rings. The van der Waals surface area contributed by atoms with E-state index in [4.69, 9.17) is 0 Å². The van der Waals surface area contributed by atoms with Crippen LogP contribution in [0.4, 0.5) is 45.5 Å². The Morgan fingerprint density at radius 3 is 1.94 bits per heavy atom. The number of hydrogen-bond acceptors (Lipinski definition) is 3. The van der Waals surface area contributed by atoms with Crippen LogP contribution in [0.3, 0.4) is 0 Å². The number of para-hydroxylation sites is 1. The van der Waals surface area contributed by atoms with E-state index in [-0.39, 0.29) is 10.8 Å². The summed E-state index contributed by atoms with van der Waals surface area (Å²) in [5, 5.41) is 2.45. The molecule has 0 amide bonds. The highest BCUT2D eigenvalue weighted by Crippen LogP contribution is 2.62. The summed E-state index contributed by atoms with van der Waals surface area (Å²) in [6.45, 7) is 20.8. The fraction of sp³-hybridized carbons (Fsp3) is 0.200. The predicted molar refractivity (Wildman–Crippen MR) is 270 cm³/mol. The molecule has 2 aliphatic rings. The van der Waals surface area contributed by atoms with Gasteiger partial charge in [0.05, 0.1) is 22.7 Å². The topological polar surface area (TPSA) is 9.72 Å². The second-order valence-corrected chi connectivity index (χ2v) is 18.7. The van der Waals surface area contributed by atoms with Gasteiger partial charge in [0.25, 0.3) is 0 Å². The van der Waals surface area contributed by atoms with Crippen LogP contribution in [0.5, 0.6) is 0 Å². The molecule has 63 heavy (non-hydrogen) atoms. The van der Waals surface area contributed by atoms with Crippen LogP contribution in [0, 0.1) is 20.8 Å². The summed E-state index contributed by atoms with van der Waals surface area (Å²) in [7, 11) is 0. The zero-order chi connectivity index (χ0) is 43.8. The maximum Gasteiger partial charge on any atom is 0.0545 e. The number of anilines is 8. The van der Waals surface area contributed by atoms with E-state index >= 15 is 0 Å². The number of fused-ring (bicyclic) bond motifs is 5. The van der Waals surface area contributed by atoms with E-state index < -0.39 is 0 Å². The number of nitrogens with zero attached hydrogens (tertiary/aromatic N) is 3. The number of benzene rings is 8. The maximum absolute atomic E-state index is 2.58. The van der Waals surface area contributed by atoms with Gasteiger partial charge in [0.1, 0.15) is 0 Å². The Morgan fingerprint density at radius 2 is 1.17 bits per heavy atom. The first-order valence-electron chi connectivity index (χ1n) is 22.6. The minimum Gasteiger partial charge on any atom is -0.310 e. The smallest absolute Gasteiger partial charge is 0.0545 e. The van der Waals surface area contributed by atoms with Crippen LogP contribution in [0.1, 0.15) is 91.6 Å². The van der Waals surface area contributed by atoms with Gasteiger partial charge in [-0.25, -0.2) is 0 Å². The summed E-state index contributed by atoms with van der Waals surface area (Å²) in [6, 6.07) is 61.5. The lowest BCUT2D eigenvalue weighted by Gasteiger charge is -2.50. The SMILES string of the molecule is CC=C(c1ccccc1CC)N(c1ccc(C)c(C)c1)c1ccc2c(c1)C(C)(C)c1cc(N(c3cccc(C)c3)c3cccc4ccccc34)cc3c1N2c1ccccc1C3(C)C. The fourth-order valence-corrected chi connectivity index (χ4v) is 10.5. The van der Waals surface area contributed by atoms with Crippen molar-refractivity contribution in [3.63, 3.8) is 0 Å². The Balaban J connectivity index is 1.25. The van der Waals surface area contributed by atoms with Gasteiger partial charge in [-0.3, -0.25) is 0 Å². The second kappa shape index (κ2) is 15.2. The third kappa shape index (κ3) is 6.39. The third-order valence-corrected chi connectivity index (χ3v) is 14.1. The number of hydrogen-bond donors (Lipinski definition) is 0. The van der Waals surface area contributed by atoms with Crippen molar-refractivity contribution in [2.24, 2.45) is 0 Å². The minimum atomic E-state index is -0.381. The molecule has 10 rings (SSSR count). The van der Waals surface area contributed by atoms with Gasteiger partial charge in [-0.15, -0.1) is 0 Å². The maximum atomic E-state index is 2.58. The van der Waals surface area contributed by atoms with Gasteiger partial charge in [0.2, 0.25) is 0 Å². The van der Waals surface area contributed by atoms with Crippen LogP contribution >= 0.6 is 0 Å². The van der Waals surface area contributed by atoms with Gasteiger partial charge in [-0.05, 0) is 151 Å². The molecule has 312 valence electrons. The molecule has 0 saturated carbocycles. The highest BCUT2D eigenvalue weighted by Gasteiger charge is 2.46. The van der Waals surface area contributed by atoms with Crippen molar-refractivity contribution >= 4 is 62.0 Å². The van der Waals surface area contributed by atoms with Crippen molar-refractivity contribution in [3.05, 3.63) is 220 Å². The molecule has 2 aliphatic heterocycles. The normalized spacial score (nSPS) is 14.5. The Kier molecular flexibility index (Phi) is 9.71. The van der Waals surface area contributed by atoms with Crippen LogP contribution in [-0.2, 0) is 17.3 Å². The monoisotopic (exact) mass is 819 g/mol. The van der Waals surface area contributed by atoms with E-state index in [1.165, 1.54) is 89.3 Å². The molecule has 0 unspecified atom stereocenters. The van der Waals surface area contributed by atoms with Crippen molar-refractivity contribution in [2.45, 2.75) is 79.6 Å². The molecule has 3 nitrogen and oxygen atoms in total. The van der Waals surface area contributed by atoms with Crippen molar-refractivity contribution in [2.75, 3.05) is 14.7 Å². The van der Waals surface area contributed by atoms with E-state index in [1.807, 2.05) is 0 Å². The first kappa shape index (κ1) is 40.2. The fourth-order valence-electron chi connectivity index (χ4n) is 10.5. The summed E-state index contributed by atoms with van der Waals surface area (Å²) < 4.78 is 0. The minimum absolute atomic E-state index is 0.272. The molecule has 8 aromatic carbocycles. The lowest BCUT2D eigenvalue weighted by Crippen LogP contribution is -2.38. The third-order valence-electron chi connectivity index (χ3n) is 14.1. The Morgan fingerprint density at radius 1 is 0.540 bits per heavy atom. The quantitative estimate of drug-likeness (QED) is 0.151. The lowest BCUT2D eigenvalue weighted by molar-refractivity contribution is 0.597. The number of allylic oxidation sites excluding steroid dienone is 1. The highest BCUT2D eigenvalue weighted by atomic mass is 15.2. The molecular weight excluding hydrogens is 763 g/mol. The molecule has 0 aromatic heterocycles. The largest absolute Gasteiger partial charge is 0.310 e. The van der Waals surface area contributed by atoms with Crippen LogP contribution in [0.25, 0.3) is 16.5 Å². The average Bonchev–Trinajstić information content (AvgIpc) is 3.29. The molecule has 0 spiro atoms. The summed E-state index contributed by atoms with van der Waals surface area (Å²) >= 11 is 0. The summed E-state index contributed by atoms with van der Waals surface area (Å²) in [4.78, 5) is 7.57. The number of rotatable bonds is 8. The molecule has 0 saturated heterocycles. The molecule has 2 heterocycles. The molecule has 0 fully saturated rings. The average molecular weight is 820 g/mol. The Bertz CT molecular complexity index is 3120. The molecule has 0 N–H and O–H groups in total. The summed E-state index contributed by atoms with van der Waals surface area (Å²) in [5.41, 5.74) is 21.8. The Labute approximate surface area is 374 Å². The zero-order valence-electron chi connectivity index (χ0n) is 38.2. The van der Waals surface area contributed by atoms with Crippen LogP contribution in [0.15, 0.2) is 170 Å². The number of aryl methyl sites for hydroxylation is 4. The first-order chi connectivity index (χ1) is 30.4. The zero-order valence-corrected chi connectivity index (χ0v) is 38.2. The van der Waals surface area contributed by atoms with Gasteiger partial charge in [0.15, 0.2) is 0 Å². The first-order valence-corrected chi connectivity index (χ1v) is 22.6. The summed E-state index contributed by atoms with van der Waals surface area (Å²) in [6.07, 6.45) is 3.24. The molecule has 0 radical (unpaired) electrons. The van der Waals surface area contributed by atoms with E-state index in [9.17, 15) is 0 Å². The molecule has 0 bridgehead atoms. The van der Waals surface area contributed by atoms with Crippen LogP contribution in [0.2, 0.25) is 0 Å². The second-order valence-electron chi connectivity index (χ2n) is 18.7. The molecule has 0 atom stereocenters. The highest BCUT2D eigenvalue weighted by molar-refractivity contribution is 6.01. The Hall–Kier alpha value is -6.84. The van der Waals surface area contributed by atoms with Gasteiger partial charge in [0, 0.05) is 50.2 Å². The van der Waals surface area contributed by atoms with E-state index in [0.29, 0.717) is 0 Å². The predicted octanol–water partition coefficient (Wildman–Crippen LogP) is 16.7. The van der Waals surface area contributed by atoms with Crippen molar-refractivity contribution < 1.29 is 0 Å². The molecule has 0 aliphatic carbocycles.